The van der Waals surface area contributed by atoms with Crippen molar-refractivity contribution in [1.82, 2.24) is 0 Å². The molecule has 0 amide bonds. The van der Waals surface area contributed by atoms with Crippen molar-refractivity contribution in [3.8, 4) is 11.5 Å². The van der Waals surface area contributed by atoms with Crippen molar-refractivity contribution in [2.75, 3.05) is 13.2 Å². The zero-order valence-electron chi connectivity index (χ0n) is 18.5. The minimum Gasteiger partial charge on any atom is -0.486 e. The number of fused-ring (bicyclic) bond motifs is 1. The highest BCUT2D eigenvalue weighted by Crippen LogP contribution is 2.45. The molecule has 2 aromatic rings. The highest BCUT2D eigenvalue weighted by molar-refractivity contribution is 5.67. The van der Waals surface area contributed by atoms with E-state index in [0.29, 0.717) is 31.5 Å². The van der Waals surface area contributed by atoms with E-state index in [1.807, 2.05) is 6.07 Å². The third kappa shape index (κ3) is 6.25. The van der Waals surface area contributed by atoms with E-state index >= 15 is 0 Å². The molecule has 0 bridgehead atoms. The van der Waals surface area contributed by atoms with E-state index in [-0.39, 0.29) is 12.9 Å². The van der Waals surface area contributed by atoms with Crippen LogP contribution in [-0.2, 0) is 16.0 Å². The predicted octanol–water partition coefficient (Wildman–Crippen LogP) is 5.25. The number of ether oxygens (including phenoxy) is 2. The second-order valence-corrected chi connectivity index (χ2v) is 8.62. The summed E-state index contributed by atoms with van der Waals surface area (Å²) in [6, 6.07) is 14.8. The van der Waals surface area contributed by atoms with Gasteiger partial charge in [0.05, 0.1) is 0 Å². The van der Waals surface area contributed by atoms with Crippen LogP contribution in [0.4, 0.5) is 0 Å². The molecule has 0 radical (unpaired) electrons. The molecule has 1 fully saturated rings. The number of para-hydroxylation sites is 1. The summed E-state index contributed by atoms with van der Waals surface area (Å²) in [7, 11) is 0. The Labute approximate surface area is 189 Å². The molecular formula is C26H32O6. The standard InChI is InChI=1S/C25H30O4.CH2O2/c1-17(22-3-2-4-23-25(22)29-14-13-28-23)15-19-7-11-21(16-19)20-9-5-18(6-10-20)8-12-24(26)27;2-1-3/h2-6,9-10,17,19,21H,7-8,11-16H2,1H3,(H,26,27);1H,(H,2,3)/t17-,19+,21-;/m0./s1. The average Bonchev–Trinajstić information content (AvgIpc) is 3.26. The molecule has 1 heterocycles. The van der Waals surface area contributed by atoms with E-state index in [1.165, 1.54) is 36.8 Å². The molecule has 3 atom stereocenters. The van der Waals surface area contributed by atoms with Crippen LogP contribution >= 0.6 is 0 Å². The monoisotopic (exact) mass is 440 g/mol. The van der Waals surface area contributed by atoms with Gasteiger partial charge in [-0.1, -0.05) is 43.3 Å². The Balaban J connectivity index is 0.000000913. The van der Waals surface area contributed by atoms with Crippen molar-refractivity contribution >= 4 is 12.4 Å². The Morgan fingerprint density at radius 1 is 1.12 bits per heavy atom. The molecule has 1 aliphatic heterocycles. The summed E-state index contributed by atoms with van der Waals surface area (Å²) in [6.45, 7) is 3.31. The third-order valence-electron chi connectivity index (χ3n) is 6.43. The van der Waals surface area contributed by atoms with Crippen molar-refractivity contribution in [2.45, 2.75) is 57.3 Å². The maximum absolute atomic E-state index is 10.7. The fourth-order valence-corrected chi connectivity index (χ4v) is 4.91. The summed E-state index contributed by atoms with van der Waals surface area (Å²) >= 11 is 0. The summed E-state index contributed by atoms with van der Waals surface area (Å²) < 4.78 is 11.7. The maximum atomic E-state index is 10.7. The first-order valence-electron chi connectivity index (χ1n) is 11.3. The first-order valence-corrected chi connectivity index (χ1v) is 11.3. The molecule has 4 rings (SSSR count). The van der Waals surface area contributed by atoms with Crippen molar-refractivity contribution in [2.24, 2.45) is 5.92 Å². The smallest absolute Gasteiger partial charge is 0.303 e. The van der Waals surface area contributed by atoms with Crippen LogP contribution in [0.3, 0.4) is 0 Å². The summed E-state index contributed by atoms with van der Waals surface area (Å²) in [5.74, 6) is 2.88. The number of benzene rings is 2. The number of aliphatic carboxylic acids is 1. The van der Waals surface area contributed by atoms with E-state index in [9.17, 15) is 4.79 Å². The van der Waals surface area contributed by atoms with Gasteiger partial charge < -0.3 is 19.7 Å². The van der Waals surface area contributed by atoms with Gasteiger partial charge in [0.1, 0.15) is 13.2 Å². The van der Waals surface area contributed by atoms with Gasteiger partial charge in [-0.15, -0.1) is 0 Å². The van der Waals surface area contributed by atoms with Gasteiger partial charge in [0, 0.05) is 12.0 Å². The SMILES string of the molecule is C[C@@H](C[C@H]1CC[C@H](c2ccc(CCC(=O)O)cc2)C1)c1cccc2c1OCCO2.O=CO. The topological polar surface area (TPSA) is 93.1 Å². The highest BCUT2D eigenvalue weighted by Gasteiger charge is 2.29. The van der Waals surface area contributed by atoms with E-state index < -0.39 is 5.97 Å². The number of hydrogen-bond acceptors (Lipinski definition) is 4. The molecule has 1 aliphatic carbocycles. The van der Waals surface area contributed by atoms with Crippen LogP contribution in [0, 0.1) is 5.92 Å². The molecule has 6 heteroatoms. The first kappa shape index (κ1) is 23.6. The quantitative estimate of drug-likeness (QED) is 0.571. The lowest BCUT2D eigenvalue weighted by molar-refractivity contribution is -0.137. The van der Waals surface area contributed by atoms with Crippen molar-refractivity contribution in [3.05, 3.63) is 59.2 Å². The van der Waals surface area contributed by atoms with Gasteiger partial charge in [-0.2, -0.15) is 0 Å². The normalized spacial score (nSPS) is 20.0. The Morgan fingerprint density at radius 2 is 1.84 bits per heavy atom. The molecule has 6 nitrogen and oxygen atoms in total. The van der Waals surface area contributed by atoms with Gasteiger partial charge >= 0.3 is 5.97 Å². The number of carboxylic acids is 1. The summed E-state index contributed by atoms with van der Waals surface area (Å²) in [5.41, 5.74) is 3.77. The van der Waals surface area contributed by atoms with Crippen molar-refractivity contribution in [3.63, 3.8) is 0 Å². The van der Waals surface area contributed by atoms with E-state index in [2.05, 4.69) is 43.3 Å². The Morgan fingerprint density at radius 3 is 2.56 bits per heavy atom. The van der Waals surface area contributed by atoms with E-state index in [1.54, 1.807) is 0 Å². The molecule has 1 saturated carbocycles. The lowest BCUT2D eigenvalue weighted by atomic mass is 9.87. The molecule has 0 saturated heterocycles. The van der Waals surface area contributed by atoms with Crippen LogP contribution in [0.1, 0.15) is 67.6 Å². The lowest BCUT2D eigenvalue weighted by Gasteiger charge is -2.25. The molecule has 2 aliphatic rings. The molecular weight excluding hydrogens is 408 g/mol. The van der Waals surface area contributed by atoms with Gasteiger partial charge in [0.25, 0.3) is 6.47 Å². The zero-order chi connectivity index (χ0) is 22.9. The average molecular weight is 441 g/mol. The third-order valence-corrected chi connectivity index (χ3v) is 6.43. The highest BCUT2D eigenvalue weighted by atomic mass is 16.6. The largest absolute Gasteiger partial charge is 0.486 e. The molecule has 2 N–H and O–H groups in total. The molecule has 0 unspecified atom stereocenters. The van der Waals surface area contributed by atoms with Crippen molar-refractivity contribution in [1.29, 1.82) is 0 Å². The van der Waals surface area contributed by atoms with E-state index in [0.717, 1.165) is 23.0 Å². The number of rotatable bonds is 7. The summed E-state index contributed by atoms with van der Waals surface area (Å²) in [5, 5.41) is 15.7. The van der Waals surface area contributed by atoms with Crippen LogP contribution in [0.2, 0.25) is 0 Å². The van der Waals surface area contributed by atoms with Crippen LogP contribution in [0.15, 0.2) is 42.5 Å². The van der Waals surface area contributed by atoms with Crippen molar-refractivity contribution < 1.29 is 29.3 Å². The zero-order valence-corrected chi connectivity index (χ0v) is 18.5. The number of hydrogen-bond donors (Lipinski definition) is 2. The second-order valence-electron chi connectivity index (χ2n) is 8.62. The second kappa shape index (κ2) is 11.6. The van der Waals surface area contributed by atoms with Gasteiger partial charge in [0.2, 0.25) is 0 Å². The minimum absolute atomic E-state index is 0.195. The van der Waals surface area contributed by atoms with Gasteiger partial charge in [-0.3, -0.25) is 9.59 Å². The van der Waals surface area contributed by atoms with Crippen LogP contribution < -0.4 is 9.47 Å². The number of aryl methyl sites for hydroxylation is 1. The van der Waals surface area contributed by atoms with Gasteiger partial charge in [-0.05, 0) is 67.1 Å². The Kier molecular flexibility index (Phi) is 8.54. The molecule has 172 valence electrons. The van der Waals surface area contributed by atoms with Gasteiger partial charge in [0.15, 0.2) is 11.5 Å². The molecule has 2 aromatic carbocycles. The summed E-state index contributed by atoms with van der Waals surface area (Å²) in [6.07, 6.45) is 5.70. The Hall–Kier alpha value is -3.02. The minimum atomic E-state index is -0.738. The number of carboxylic acid groups (broad SMARTS) is 2. The summed E-state index contributed by atoms with van der Waals surface area (Å²) in [4.78, 5) is 19.1. The first-order chi connectivity index (χ1) is 15.5. The molecule has 0 aromatic heterocycles. The maximum Gasteiger partial charge on any atom is 0.303 e. The van der Waals surface area contributed by atoms with Crippen LogP contribution in [0.5, 0.6) is 11.5 Å². The fraction of sp³-hybridized carbons (Fsp3) is 0.462. The Bertz CT molecular complexity index is 892. The fourth-order valence-electron chi connectivity index (χ4n) is 4.91. The lowest BCUT2D eigenvalue weighted by Crippen LogP contribution is -2.17. The van der Waals surface area contributed by atoms with Crippen LogP contribution in [0.25, 0.3) is 0 Å². The molecule has 0 spiro atoms. The number of carbonyl (C=O) groups is 2. The predicted molar refractivity (Wildman–Crippen MR) is 122 cm³/mol. The van der Waals surface area contributed by atoms with E-state index in [4.69, 9.17) is 24.5 Å². The van der Waals surface area contributed by atoms with Crippen LogP contribution in [-0.4, -0.2) is 35.9 Å². The van der Waals surface area contributed by atoms with Gasteiger partial charge in [-0.25, -0.2) is 0 Å². The molecule has 32 heavy (non-hydrogen) atoms.